The first-order valence-electron chi connectivity index (χ1n) is 20.3. The van der Waals surface area contributed by atoms with Crippen LogP contribution in [0.15, 0.2) is 24.3 Å². The normalized spacial score (nSPS) is 12.4. The molecule has 0 aromatic rings. The molecule has 0 rings (SSSR count). The van der Waals surface area contributed by atoms with Crippen LogP contribution in [0.1, 0.15) is 226 Å². The number of allylic oxidation sites excluding steroid dienone is 4. The van der Waals surface area contributed by atoms with Crippen LogP contribution in [0.3, 0.4) is 0 Å². The lowest BCUT2D eigenvalue weighted by molar-refractivity contribution is -0.150. The molecule has 0 bridgehead atoms. The Kier molecular flexibility index (Phi) is 36.6. The first-order valence-corrected chi connectivity index (χ1v) is 20.3. The molecule has 1 atom stereocenters. The number of unbranched alkanes of at least 4 members (excludes halogenated alkanes) is 24. The smallest absolute Gasteiger partial charge is 0.306 e. The number of hydrogen-bond acceptors (Lipinski definition) is 3. The number of aliphatic carboxylic acids is 1. The highest BCUT2D eigenvalue weighted by Gasteiger charge is 2.14. The topological polar surface area (TPSA) is 63.6 Å². The van der Waals surface area contributed by atoms with Gasteiger partial charge in [0, 0.05) is 12.8 Å². The molecular formula is C42H78O4. The van der Waals surface area contributed by atoms with Crippen molar-refractivity contribution in [2.24, 2.45) is 0 Å². The van der Waals surface area contributed by atoms with Crippen LogP contribution < -0.4 is 0 Å². The Morgan fingerprint density at radius 1 is 0.478 bits per heavy atom. The molecule has 0 aliphatic rings. The van der Waals surface area contributed by atoms with Gasteiger partial charge >= 0.3 is 11.9 Å². The zero-order valence-electron chi connectivity index (χ0n) is 30.9. The molecule has 270 valence electrons. The minimum absolute atomic E-state index is 0.0227. The van der Waals surface area contributed by atoms with Crippen LogP contribution in [0, 0.1) is 0 Å². The highest BCUT2D eigenvalue weighted by Crippen LogP contribution is 2.19. The first-order chi connectivity index (χ1) is 22.6. The molecular weight excluding hydrogens is 568 g/mol. The van der Waals surface area contributed by atoms with E-state index in [0.29, 0.717) is 12.8 Å². The quantitative estimate of drug-likeness (QED) is 0.0414. The van der Waals surface area contributed by atoms with E-state index in [0.717, 1.165) is 57.8 Å². The summed E-state index contributed by atoms with van der Waals surface area (Å²) in [6, 6.07) is 0. The second-order valence-electron chi connectivity index (χ2n) is 13.8. The summed E-state index contributed by atoms with van der Waals surface area (Å²) in [4.78, 5) is 23.3. The third-order valence-electron chi connectivity index (χ3n) is 9.18. The third kappa shape index (κ3) is 36.9. The van der Waals surface area contributed by atoms with Crippen molar-refractivity contribution in [1.29, 1.82) is 0 Å². The number of carboxylic acids is 1. The van der Waals surface area contributed by atoms with Gasteiger partial charge in [-0.3, -0.25) is 9.59 Å². The molecule has 1 unspecified atom stereocenters. The molecule has 0 aromatic carbocycles. The largest absolute Gasteiger partial charge is 0.481 e. The zero-order chi connectivity index (χ0) is 33.6. The molecule has 46 heavy (non-hydrogen) atoms. The van der Waals surface area contributed by atoms with Gasteiger partial charge in [0.25, 0.3) is 0 Å². The highest BCUT2D eigenvalue weighted by molar-refractivity contribution is 5.69. The molecule has 0 aliphatic heterocycles. The second-order valence-corrected chi connectivity index (χ2v) is 13.8. The van der Waals surface area contributed by atoms with E-state index < -0.39 is 5.97 Å². The third-order valence-corrected chi connectivity index (χ3v) is 9.18. The van der Waals surface area contributed by atoms with Gasteiger partial charge in [0.15, 0.2) is 0 Å². The van der Waals surface area contributed by atoms with Crippen LogP contribution in [0.2, 0.25) is 0 Å². The fraction of sp³-hybridized carbons (Fsp3) is 0.857. The molecule has 1 N–H and O–H groups in total. The number of ether oxygens (including phenoxy) is 1. The van der Waals surface area contributed by atoms with Crippen LogP contribution in [0.5, 0.6) is 0 Å². The fourth-order valence-electron chi connectivity index (χ4n) is 6.16. The van der Waals surface area contributed by atoms with Crippen molar-refractivity contribution < 1.29 is 19.4 Å². The Morgan fingerprint density at radius 2 is 0.848 bits per heavy atom. The predicted octanol–water partition coefficient (Wildman–Crippen LogP) is 14.0. The molecule has 0 aliphatic carbocycles. The summed E-state index contributed by atoms with van der Waals surface area (Å²) in [5.41, 5.74) is 0. The SMILES string of the molecule is CCCCC/C=C\C/C=C\CCCCCCCC(=O)OC(CCCCCCCCCCC)CCCCCCCCCCCC(=O)O. The Hall–Kier alpha value is -1.58. The van der Waals surface area contributed by atoms with E-state index in [1.165, 1.54) is 141 Å². The monoisotopic (exact) mass is 647 g/mol. The summed E-state index contributed by atoms with van der Waals surface area (Å²) in [6.07, 6.45) is 47.7. The molecule has 4 nitrogen and oxygen atoms in total. The maximum Gasteiger partial charge on any atom is 0.306 e. The van der Waals surface area contributed by atoms with Gasteiger partial charge in [0.05, 0.1) is 0 Å². The first kappa shape index (κ1) is 44.4. The van der Waals surface area contributed by atoms with E-state index in [2.05, 4.69) is 38.2 Å². The zero-order valence-corrected chi connectivity index (χ0v) is 30.9. The van der Waals surface area contributed by atoms with Crippen LogP contribution in [-0.2, 0) is 14.3 Å². The Bertz CT molecular complexity index is 698. The van der Waals surface area contributed by atoms with Gasteiger partial charge < -0.3 is 9.84 Å². The molecule has 0 fully saturated rings. The number of carbonyl (C=O) groups is 2. The number of esters is 1. The average Bonchev–Trinajstić information content (AvgIpc) is 3.04. The highest BCUT2D eigenvalue weighted by atomic mass is 16.5. The minimum Gasteiger partial charge on any atom is -0.481 e. The molecule has 0 amide bonds. The van der Waals surface area contributed by atoms with Crippen molar-refractivity contribution in [1.82, 2.24) is 0 Å². The summed E-state index contributed by atoms with van der Waals surface area (Å²) in [5.74, 6) is -0.655. The fourth-order valence-corrected chi connectivity index (χ4v) is 6.16. The van der Waals surface area contributed by atoms with E-state index in [4.69, 9.17) is 9.84 Å². The van der Waals surface area contributed by atoms with Gasteiger partial charge in [-0.25, -0.2) is 0 Å². The van der Waals surface area contributed by atoms with E-state index in [1.807, 2.05) is 0 Å². The Labute approximate surface area is 287 Å². The number of carbonyl (C=O) groups excluding carboxylic acids is 1. The average molecular weight is 647 g/mol. The van der Waals surface area contributed by atoms with E-state index >= 15 is 0 Å². The molecule has 0 radical (unpaired) electrons. The predicted molar refractivity (Wildman–Crippen MR) is 200 cm³/mol. The summed E-state index contributed by atoms with van der Waals surface area (Å²) < 4.78 is 6.05. The van der Waals surface area contributed by atoms with Gasteiger partial charge in [-0.05, 0) is 70.6 Å². The van der Waals surface area contributed by atoms with Crippen molar-refractivity contribution in [3.05, 3.63) is 24.3 Å². The van der Waals surface area contributed by atoms with Crippen LogP contribution in [-0.4, -0.2) is 23.1 Å². The Morgan fingerprint density at radius 3 is 1.33 bits per heavy atom. The Balaban J connectivity index is 4.07. The van der Waals surface area contributed by atoms with Gasteiger partial charge in [-0.1, -0.05) is 167 Å². The summed E-state index contributed by atoms with van der Waals surface area (Å²) >= 11 is 0. The number of rotatable bonds is 37. The van der Waals surface area contributed by atoms with Crippen LogP contribution >= 0.6 is 0 Å². The molecule has 4 heteroatoms. The van der Waals surface area contributed by atoms with Gasteiger partial charge in [0.1, 0.15) is 6.10 Å². The minimum atomic E-state index is -0.677. The van der Waals surface area contributed by atoms with Crippen molar-refractivity contribution in [2.75, 3.05) is 0 Å². The second kappa shape index (κ2) is 37.9. The van der Waals surface area contributed by atoms with Crippen molar-refractivity contribution in [2.45, 2.75) is 232 Å². The number of hydrogen-bond donors (Lipinski definition) is 1. The lowest BCUT2D eigenvalue weighted by Crippen LogP contribution is -2.18. The molecule has 0 saturated heterocycles. The molecule has 0 aromatic heterocycles. The molecule has 0 spiro atoms. The lowest BCUT2D eigenvalue weighted by atomic mass is 10.0. The van der Waals surface area contributed by atoms with E-state index in [-0.39, 0.29) is 12.1 Å². The van der Waals surface area contributed by atoms with Crippen molar-refractivity contribution in [3.8, 4) is 0 Å². The lowest BCUT2D eigenvalue weighted by Gasteiger charge is -2.18. The molecule has 0 heterocycles. The van der Waals surface area contributed by atoms with E-state index in [1.54, 1.807) is 0 Å². The van der Waals surface area contributed by atoms with Gasteiger partial charge in [-0.2, -0.15) is 0 Å². The van der Waals surface area contributed by atoms with Crippen LogP contribution in [0.25, 0.3) is 0 Å². The molecule has 0 saturated carbocycles. The summed E-state index contributed by atoms with van der Waals surface area (Å²) in [7, 11) is 0. The standard InChI is InChI=1S/C42H78O4/c1-3-5-7-9-11-13-14-15-16-17-18-23-27-31-35-39-42(45)46-40(36-32-28-24-20-12-10-8-6-4-2)37-33-29-25-21-19-22-26-30-34-38-41(43)44/h11,13,15-16,40H,3-10,12,14,17-39H2,1-2H3,(H,43,44)/b13-11-,16-15-. The summed E-state index contributed by atoms with van der Waals surface area (Å²) in [6.45, 7) is 4.53. The maximum absolute atomic E-state index is 12.7. The summed E-state index contributed by atoms with van der Waals surface area (Å²) in [5, 5.41) is 8.73. The van der Waals surface area contributed by atoms with Crippen LogP contribution in [0.4, 0.5) is 0 Å². The number of carboxylic acid groups (broad SMARTS) is 1. The van der Waals surface area contributed by atoms with Gasteiger partial charge in [-0.15, -0.1) is 0 Å². The van der Waals surface area contributed by atoms with Crippen molar-refractivity contribution >= 4 is 11.9 Å². The maximum atomic E-state index is 12.7. The van der Waals surface area contributed by atoms with E-state index in [9.17, 15) is 9.59 Å². The van der Waals surface area contributed by atoms with Crippen molar-refractivity contribution in [3.63, 3.8) is 0 Å². The van der Waals surface area contributed by atoms with Gasteiger partial charge in [0.2, 0.25) is 0 Å².